The van der Waals surface area contributed by atoms with Gasteiger partial charge in [-0.2, -0.15) is 26.3 Å². The molecule has 3 aromatic rings. The normalized spacial score (nSPS) is 10.9. The van der Waals surface area contributed by atoms with Crippen molar-refractivity contribution < 1.29 is 60.0 Å². The number of nitro groups is 2. The highest BCUT2D eigenvalue weighted by atomic mass is 19.4. The van der Waals surface area contributed by atoms with Crippen LogP contribution in [0.2, 0.25) is 0 Å². The van der Waals surface area contributed by atoms with E-state index in [9.17, 15) is 56.2 Å². The van der Waals surface area contributed by atoms with Gasteiger partial charge < -0.3 is 51.8 Å². The SMILES string of the molecule is CN(C)CCOc1cccc([N+](=O)[O-])c1N.CN(CCOc1cccc(N)c1N)C(=O)C(F)(F)F.CN(CCOc1cccc([N+](=O)[O-])c1N)C(=O)C(F)(F)F. The van der Waals surface area contributed by atoms with Gasteiger partial charge in [0.15, 0.2) is 11.4 Å². The summed E-state index contributed by atoms with van der Waals surface area (Å²) in [7, 11) is 5.85. The van der Waals surface area contributed by atoms with Crippen molar-refractivity contribution in [2.24, 2.45) is 0 Å². The number of alkyl halides is 6. The summed E-state index contributed by atoms with van der Waals surface area (Å²) in [6.45, 7) is 0.198. The van der Waals surface area contributed by atoms with Crippen LogP contribution in [0.3, 0.4) is 0 Å². The van der Waals surface area contributed by atoms with Gasteiger partial charge in [0, 0.05) is 32.8 Å². The minimum absolute atomic E-state index is 0.0305. The fourth-order valence-corrected chi connectivity index (χ4v) is 3.88. The van der Waals surface area contributed by atoms with Crippen LogP contribution in [0.1, 0.15) is 0 Å². The number of halogens is 6. The first-order chi connectivity index (χ1) is 25.9. The lowest BCUT2D eigenvalue weighted by Gasteiger charge is -2.19. The molecule has 0 saturated heterocycles. The van der Waals surface area contributed by atoms with Crippen LogP contribution >= 0.6 is 0 Å². The van der Waals surface area contributed by atoms with Crippen molar-refractivity contribution in [1.29, 1.82) is 0 Å². The molecule has 0 saturated carbocycles. The standard InChI is InChI=1S/C11H12F3N3O4.C11H14F3N3O2.C10H15N3O3/c1-16(10(18)11(12,13)14)5-6-21-8-4-2-3-7(9(8)15)17(19)20;1-17(10(18)11(12,13)14)5-6-19-8-4-2-3-7(15)9(8)16;1-12(2)6-7-16-9-5-3-4-8(10(9)11)13(14)15/h2-4H,5-6,15H2,1H3;2-4H,5-6,15-16H2,1H3;3-5H,6-7,11H2,1-2H3. The molecule has 0 radical (unpaired) electrons. The number of benzene rings is 3. The number of ether oxygens (including phenoxy) is 3. The molecule has 3 aromatic carbocycles. The monoisotopic (exact) mass is 809 g/mol. The molecular weight excluding hydrogens is 768 g/mol. The molecule has 0 heterocycles. The van der Waals surface area contributed by atoms with Gasteiger partial charge in [-0.25, -0.2) is 0 Å². The van der Waals surface area contributed by atoms with Crippen LogP contribution in [0, 0.1) is 20.2 Å². The average molecular weight is 810 g/mol. The first-order valence-electron chi connectivity index (χ1n) is 15.8. The minimum Gasteiger partial charge on any atom is -0.490 e. The molecule has 0 aliphatic rings. The van der Waals surface area contributed by atoms with E-state index in [1.807, 2.05) is 19.0 Å². The summed E-state index contributed by atoms with van der Waals surface area (Å²) >= 11 is 0. The van der Waals surface area contributed by atoms with E-state index < -0.39 is 34.0 Å². The number of anilines is 4. The molecule has 0 atom stereocenters. The van der Waals surface area contributed by atoms with Crippen molar-refractivity contribution in [3.8, 4) is 17.2 Å². The van der Waals surface area contributed by atoms with Gasteiger partial charge in [-0.15, -0.1) is 0 Å². The molecule has 3 rings (SSSR count). The summed E-state index contributed by atoms with van der Waals surface area (Å²) in [5, 5.41) is 21.3. The molecule has 0 aromatic heterocycles. The summed E-state index contributed by atoms with van der Waals surface area (Å²) in [6, 6.07) is 13.1. The Bertz CT molecular complexity index is 1800. The second-order valence-corrected chi connectivity index (χ2v) is 11.4. The zero-order valence-corrected chi connectivity index (χ0v) is 30.4. The number of nitrogen functional groups attached to an aromatic ring is 4. The van der Waals surface area contributed by atoms with Gasteiger partial charge in [-0.1, -0.05) is 18.2 Å². The lowest BCUT2D eigenvalue weighted by atomic mass is 10.2. The van der Waals surface area contributed by atoms with E-state index in [1.54, 1.807) is 24.3 Å². The van der Waals surface area contributed by atoms with E-state index >= 15 is 0 Å². The predicted molar refractivity (Wildman–Crippen MR) is 193 cm³/mol. The van der Waals surface area contributed by atoms with Crippen LogP contribution in [0.25, 0.3) is 0 Å². The summed E-state index contributed by atoms with van der Waals surface area (Å²) in [4.78, 5) is 44.6. The van der Waals surface area contributed by atoms with E-state index in [4.69, 9.17) is 37.1 Å². The first kappa shape index (κ1) is 47.6. The quantitative estimate of drug-likeness (QED) is 0.0778. The van der Waals surface area contributed by atoms with E-state index in [-0.39, 0.29) is 66.2 Å². The van der Waals surface area contributed by atoms with E-state index in [0.29, 0.717) is 27.8 Å². The van der Waals surface area contributed by atoms with Crippen LogP contribution in [-0.2, 0) is 9.59 Å². The highest BCUT2D eigenvalue weighted by molar-refractivity contribution is 5.82. The molecule has 0 aliphatic carbocycles. The zero-order chi connectivity index (χ0) is 43.0. The first-order valence-corrected chi connectivity index (χ1v) is 15.8. The summed E-state index contributed by atoms with van der Waals surface area (Å²) < 4.78 is 88.3. The number of para-hydroxylation sites is 3. The summed E-state index contributed by atoms with van der Waals surface area (Å²) in [5.74, 6) is -3.32. The molecule has 310 valence electrons. The molecule has 0 unspecified atom stereocenters. The number of likely N-dealkylation sites (N-methyl/N-ethyl adjacent to an activating group) is 3. The summed E-state index contributed by atoms with van der Waals surface area (Å²) in [6.07, 6.45) is -9.84. The molecule has 2 amide bonds. The van der Waals surface area contributed by atoms with Crippen molar-refractivity contribution in [3.05, 3.63) is 74.8 Å². The largest absolute Gasteiger partial charge is 0.490 e. The van der Waals surface area contributed by atoms with Gasteiger partial charge in [0.25, 0.3) is 11.4 Å². The van der Waals surface area contributed by atoms with Crippen LogP contribution in [0.15, 0.2) is 54.6 Å². The number of carbonyl (C=O) groups excluding carboxylic acids is 2. The second-order valence-electron chi connectivity index (χ2n) is 11.4. The Morgan fingerprint density at radius 2 is 0.911 bits per heavy atom. The molecule has 56 heavy (non-hydrogen) atoms. The van der Waals surface area contributed by atoms with E-state index in [0.717, 1.165) is 20.6 Å². The third-order valence-electron chi connectivity index (χ3n) is 6.92. The van der Waals surface area contributed by atoms with E-state index in [2.05, 4.69) is 0 Å². The maximum absolute atomic E-state index is 12.1. The highest BCUT2D eigenvalue weighted by Gasteiger charge is 2.41. The Morgan fingerprint density at radius 3 is 1.23 bits per heavy atom. The van der Waals surface area contributed by atoms with Crippen molar-refractivity contribution in [1.82, 2.24) is 14.7 Å². The molecule has 0 fully saturated rings. The van der Waals surface area contributed by atoms with Gasteiger partial charge in [-0.3, -0.25) is 29.8 Å². The molecular formula is C32H41F6N9O9. The van der Waals surface area contributed by atoms with Crippen LogP contribution in [0.4, 0.5) is 60.5 Å². The topological polar surface area (TPSA) is 262 Å². The number of carbonyl (C=O) groups is 2. The Labute approximate surface area is 315 Å². The zero-order valence-electron chi connectivity index (χ0n) is 30.4. The van der Waals surface area contributed by atoms with Gasteiger partial charge in [0.1, 0.15) is 37.1 Å². The fourth-order valence-electron chi connectivity index (χ4n) is 3.88. The number of hydrogen-bond acceptors (Lipinski definition) is 14. The predicted octanol–water partition coefficient (Wildman–Crippen LogP) is 3.94. The van der Waals surface area contributed by atoms with Gasteiger partial charge >= 0.3 is 24.2 Å². The van der Waals surface area contributed by atoms with Crippen LogP contribution in [0.5, 0.6) is 17.2 Å². The maximum atomic E-state index is 12.1. The van der Waals surface area contributed by atoms with Gasteiger partial charge in [0.2, 0.25) is 0 Å². The van der Waals surface area contributed by atoms with Gasteiger partial charge in [0.05, 0.1) is 34.3 Å². The van der Waals surface area contributed by atoms with Crippen molar-refractivity contribution in [2.75, 3.05) is 90.6 Å². The van der Waals surface area contributed by atoms with Gasteiger partial charge in [-0.05, 0) is 38.4 Å². The lowest BCUT2D eigenvalue weighted by Crippen LogP contribution is -2.40. The number of nitro benzene ring substituents is 2. The Morgan fingerprint density at radius 1 is 0.589 bits per heavy atom. The Kier molecular flexibility index (Phi) is 18.2. The number of amides is 2. The number of nitrogens with two attached hydrogens (primary N) is 4. The van der Waals surface area contributed by atoms with Crippen molar-refractivity contribution >= 4 is 45.9 Å². The third kappa shape index (κ3) is 15.5. The number of nitrogens with zero attached hydrogens (tertiary/aromatic N) is 5. The maximum Gasteiger partial charge on any atom is 0.471 e. The smallest absolute Gasteiger partial charge is 0.471 e. The van der Waals surface area contributed by atoms with Crippen molar-refractivity contribution in [2.45, 2.75) is 12.4 Å². The molecule has 0 spiro atoms. The Hall–Kier alpha value is -6.46. The molecule has 18 nitrogen and oxygen atoms in total. The molecule has 0 bridgehead atoms. The molecule has 8 N–H and O–H groups in total. The minimum atomic E-state index is -4.96. The molecule has 0 aliphatic heterocycles. The average Bonchev–Trinajstić information content (AvgIpc) is 3.10. The third-order valence-corrected chi connectivity index (χ3v) is 6.92. The highest BCUT2D eigenvalue weighted by Crippen LogP contribution is 2.32. The van der Waals surface area contributed by atoms with Crippen LogP contribution < -0.4 is 37.1 Å². The van der Waals surface area contributed by atoms with E-state index in [1.165, 1.54) is 30.3 Å². The fraction of sp³-hybridized carbons (Fsp3) is 0.375. The lowest BCUT2D eigenvalue weighted by molar-refractivity contribution is -0.384. The Balaban J connectivity index is 0.000000424. The second kappa shape index (κ2) is 21.4. The molecule has 24 heteroatoms. The van der Waals surface area contributed by atoms with Crippen LogP contribution in [-0.4, -0.2) is 116 Å². The number of hydrogen-bond donors (Lipinski definition) is 4. The van der Waals surface area contributed by atoms with Crippen molar-refractivity contribution in [3.63, 3.8) is 0 Å². The number of rotatable bonds is 14. The summed E-state index contributed by atoms with van der Waals surface area (Å²) in [5.41, 5.74) is 22.2.